The number of aryl methyl sites for hydroxylation is 2. The van der Waals surface area contributed by atoms with Crippen molar-refractivity contribution in [1.29, 1.82) is 0 Å². The molecule has 0 atom stereocenters. The Morgan fingerprint density at radius 2 is 1.57 bits per heavy atom. The van der Waals surface area contributed by atoms with E-state index in [0.29, 0.717) is 24.5 Å². The molecule has 0 spiro atoms. The summed E-state index contributed by atoms with van der Waals surface area (Å²) in [5, 5.41) is 16.3. The van der Waals surface area contributed by atoms with Crippen molar-refractivity contribution in [2.45, 2.75) is 29.6 Å². The van der Waals surface area contributed by atoms with Crippen LogP contribution in [-0.2, 0) is 20.7 Å². The Labute approximate surface area is 168 Å². The first-order chi connectivity index (χ1) is 13.5. The van der Waals surface area contributed by atoms with E-state index >= 15 is 0 Å². The summed E-state index contributed by atoms with van der Waals surface area (Å²) in [5.41, 5.74) is 1.83. The van der Waals surface area contributed by atoms with Crippen LogP contribution in [0.1, 0.15) is 17.8 Å². The van der Waals surface area contributed by atoms with Gasteiger partial charge in [-0.3, -0.25) is 4.18 Å². The standard InChI is InChI=1S/C19H20N4O3S2/c1-14-5-11-17(12-6-14)28(24,25)26-13-3-4-18-20-22-19(23-21-18)15-7-9-16(27-2)10-8-15/h5-12H,3-4,13H2,1-2H3. The lowest BCUT2D eigenvalue weighted by atomic mass is 10.2. The van der Waals surface area contributed by atoms with Gasteiger partial charge in [0.15, 0.2) is 5.82 Å². The molecule has 7 nitrogen and oxygen atoms in total. The summed E-state index contributed by atoms with van der Waals surface area (Å²) in [7, 11) is -3.75. The first-order valence-electron chi connectivity index (χ1n) is 8.65. The van der Waals surface area contributed by atoms with Crippen molar-refractivity contribution in [3.63, 3.8) is 0 Å². The molecule has 0 unspecified atom stereocenters. The maximum atomic E-state index is 12.1. The second-order valence-corrected chi connectivity index (χ2v) is 8.56. The molecule has 2 aromatic carbocycles. The van der Waals surface area contributed by atoms with Gasteiger partial charge >= 0.3 is 0 Å². The molecule has 3 rings (SSSR count). The quantitative estimate of drug-likeness (QED) is 0.314. The molecule has 0 aliphatic rings. The Balaban J connectivity index is 1.51. The third-order valence-corrected chi connectivity index (χ3v) is 6.03. The van der Waals surface area contributed by atoms with Crippen LogP contribution in [0.5, 0.6) is 0 Å². The first kappa shape index (κ1) is 20.4. The molecular formula is C19H20N4O3S2. The second kappa shape index (κ2) is 9.22. The highest BCUT2D eigenvalue weighted by Gasteiger charge is 2.14. The number of benzene rings is 2. The van der Waals surface area contributed by atoms with E-state index in [1.807, 2.05) is 37.4 Å². The lowest BCUT2D eigenvalue weighted by Crippen LogP contribution is -2.09. The highest BCUT2D eigenvalue weighted by molar-refractivity contribution is 7.98. The van der Waals surface area contributed by atoms with Crippen LogP contribution in [0.2, 0.25) is 0 Å². The topological polar surface area (TPSA) is 94.9 Å². The Morgan fingerprint density at radius 3 is 2.18 bits per heavy atom. The molecule has 0 fully saturated rings. The van der Waals surface area contributed by atoms with E-state index in [4.69, 9.17) is 4.18 Å². The molecule has 146 valence electrons. The molecule has 0 aliphatic heterocycles. The van der Waals surface area contributed by atoms with Crippen LogP contribution in [0.4, 0.5) is 0 Å². The van der Waals surface area contributed by atoms with Crippen molar-refractivity contribution in [3.05, 3.63) is 59.9 Å². The van der Waals surface area contributed by atoms with E-state index in [1.165, 1.54) is 12.1 Å². The van der Waals surface area contributed by atoms with Crippen molar-refractivity contribution in [1.82, 2.24) is 20.4 Å². The first-order valence-corrected chi connectivity index (χ1v) is 11.3. The van der Waals surface area contributed by atoms with Crippen LogP contribution in [0, 0.1) is 6.92 Å². The number of nitrogens with zero attached hydrogens (tertiary/aromatic N) is 4. The molecule has 0 radical (unpaired) electrons. The zero-order valence-corrected chi connectivity index (χ0v) is 17.2. The Kier molecular flexibility index (Phi) is 6.71. The van der Waals surface area contributed by atoms with Gasteiger partial charge in [-0.25, -0.2) is 0 Å². The highest BCUT2D eigenvalue weighted by Crippen LogP contribution is 2.19. The number of hydrogen-bond acceptors (Lipinski definition) is 8. The second-order valence-electron chi connectivity index (χ2n) is 6.06. The van der Waals surface area contributed by atoms with Crippen LogP contribution >= 0.6 is 11.8 Å². The molecule has 28 heavy (non-hydrogen) atoms. The summed E-state index contributed by atoms with van der Waals surface area (Å²) in [6, 6.07) is 14.4. The number of aromatic nitrogens is 4. The fraction of sp³-hybridized carbons (Fsp3) is 0.263. The van der Waals surface area contributed by atoms with Gasteiger partial charge in [-0.1, -0.05) is 17.7 Å². The monoisotopic (exact) mass is 416 g/mol. The van der Waals surface area contributed by atoms with Crippen LogP contribution in [-0.4, -0.2) is 41.7 Å². The Morgan fingerprint density at radius 1 is 0.929 bits per heavy atom. The molecule has 0 amide bonds. The van der Waals surface area contributed by atoms with Crippen LogP contribution in [0.15, 0.2) is 58.3 Å². The molecule has 0 aliphatic carbocycles. The SMILES string of the molecule is CSc1ccc(-c2nnc(CCCOS(=O)(=O)c3ccc(C)cc3)nn2)cc1. The van der Waals surface area contributed by atoms with Crippen molar-refractivity contribution in [2.24, 2.45) is 0 Å². The molecule has 9 heteroatoms. The third-order valence-electron chi connectivity index (χ3n) is 3.96. The maximum Gasteiger partial charge on any atom is 0.296 e. The largest absolute Gasteiger partial charge is 0.296 e. The van der Waals surface area contributed by atoms with Gasteiger partial charge in [-0.15, -0.1) is 32.2 Å². The molecule has 0 saturated heterocycles. The third kappa shape index (κ3) is 5.34. The van der Waals surface area contributed by atoms with Gasteiger partial charge in [0.2, 0.25) is 5.82 Å². The van der Waals surface area contributed by atoms with E-state index in [0.717, 1.165) is 16.0 Å². The number of thioether (sulfide) groups is 1. The van der Waals surface area contributed by atoms with E-state index in [2.05, 4.69) is 20.4 Å². The lowest BCUT2D eigenvalue weighted by molar-refractivity contribution is 0.311. The normalized spacial score (nSPS) is 11.5. The van der Waals surface area contributed by atoms with Crippen LogP contribution in [0.25, 0.3) is 11.4 Å². The van der Waals surface area contributed by atoms with Crippen LogP contribution in [0.3, 0.4) is 0 Å². The molecule has 0 N–H and O–H groups in total. The Hall–Kier alpha value is -2.36. The van der Waals surface area contributed by atoms with Gasteiger partial charge in [-0.05, 0) is 56.0 Å². The summed E-state index contributed by atoms with van der Waals surface area (Å²) < 4.78 is 29.3. The number of hydrogen-bond donors (Lipinski definition) is 0. The zero-order chi connectivity index (χ0) is 20.0. The zero-order valence-electron chi connectivity index (χ0n) is 15.6. The van der Waals surface area contributed by atoms with Crippen molar-refractivity contribution < 1.29 is 12.6 Å². The van der Waals surface area contributed by atoms with Crippen molar-refractivity contribution in [3.8, 4) is 11.4 Å². The minimum Gasteiger partial charge on any atom is -0.266 e. The molecule has 0 bridgehead atoms. The van der Waals surface area contributed by atoms with Crippen molar-refractivity contribution in [2.75, 3.05) is 12.9 Å². The highest BCUT2D eigenvalue weighted by atomic mass is 32.2. The predicted molar refractivity (Wildman–Crippen MR) is 107 cm³/mol. The van der Waals surface area contributed by atoms with Gasteiger partial charge in [0.25, 0.3) is 10.1 Å². The van der Waals surface area contributed by atoms with E-state index in [-0.39, 0.29) is 11.5 Å². The predicted octanol–water partition coefficient (Wildman–Crippen LogP) is 3.30. The van der Waals surface area contributed by atoms with E-state index < -0.39 is 10.1 Å². The smallest absolute Gasteiger partial charge is 0.266 e. The minimum absolute atomic E-state index is 0.0392. The summed E-state index contributed by atoms with van der Waals surface area (Å²) >= 11 is 1.66. The fourth-order valence-corrected chi connectivity index (χ4v) is 3.73. The molecule has 1 heterocycles. The van der Waals surface area contributed by atoms with Gasteiger partial charge in [0.05, 0.1) is 11.5 Å². The molecule has 0 saturated carbocycles. The summed E-state index contributed by atoms with van der Waals surface area (Å²) in [4.78, 5) is 1.30. The lowest BCUT2D eigenvalue weighted by Gasteiger charge is -2.05. The van der Waals surface area contributed by atoms with Crippen LogP contribution < -0.4 is 0 Å². The van der Waals surface area contributed by atoms with Crippen molar-refractivity contribution >= 4 is 21.9 Å². The van der Waals surface area contributed by atoms with Gasteiger partial charge in [-0.2, -0.15) is 8.42 Å². The van der Waals surface area contributed by atoms with E-state index in [1.54, 1.807) is 23.9 Å². The minimum atomic E-state index is -3.75. The molecular weight excluding hydrogens is 396 g/mol. The maximum absolute atomic E-state index is 12.1. The average molecular weight is 417 g/mol. The Bertz CT molecular complexity index is 1010. The van der Waals surface area contributed by atoms with Gasteiger partial charge < -0.3 is 0 Å². The summed E-state index contributed by atoms with van der Waals surface area (Å²) in [6.45, 7) is 1.93. The van der Waals surface area contributed by atoms with Gasteiger partial charge in [0, 0.05) is 16.9 Å². The van der Waals surface area contributed by atoms with E-state index in [9.17, 15) is 8.42 Å². The van der Waals surface area contributed by atoms with Gasteiger partial charge in [0.1, 0.15) is 0 Å². The molecule has 3 aromatic rings. The molecule has 1 aromatic heterocycles. The fourth-order valence-electron chi connectivity index (χ4n) is 2.38. The average Bonchev–Trinajstić information content (AvgIpc) is 2.72. The summed E-state index contributed by atoms with van der Waals surface area (Å²) in [5.74, 6) is 0.899. The number of rotatable bonds is 8. The summed E-state index contributed by atoms with van der Waals surface area (Å²) in [6.07, 6.45) is 2.88.